The highest BCUT2D eigenvalue weighted by molar-refractivity contribution is 5.86. The molecule has 0 aromatic heterocycles. The Morgan fingerprint density at radius 2 is 1.69 bits per heavy atom. The third-order valence-electron chi connectivity index (χ3n) is 4.93. The lowest BCUT2D eigenvalue weighted by Gasteiger charge is -2.21. The molecule has 0 fully saturated rings. The predicted octanol–water partition coefficient (Wildman–Crippen LogP) is 2.76. The number of nitrogens with two attached hydrogens (primary N) is 1. The highest BCUT2D eigenvalue weighted by atomic mass is 16.5. The standard InChI is InChI=1S/C21H28N2O3/c1-24-19-16(9-6-11-23-12-10-22)18-15-8-5-4-7-14(15)13-17(18)20(25-2)21(19)26-3/h4-5,7-8,23H,6,9-13,22H2,1-3H3. The fraction of sp³-hybridized carbons (Fsp3) is 0.429. The average Bonchev–Trinajstić information content (AvgIpc) is 3.06. The average molecular weight is 356 g/mol. The Labute approximate surface area is 155 Å². The number of rotatable bonds is 9. The largest absolute Gasteiger partial charge is 0.492 e. The van der Waals surface area contributed by atoms with E-state index in [9.17, 15) is 0 Å². The maximum absolute atomic E-state index is 5.78. The van der Waals surface area contributed by atoms with E-state index in [0.29, 0.717) is 12.3 Å². The van der Waals surface area contributed by atoms with E-state index in [1.807, 2.05) is 0 Å². The Balaban J connectivity index is 2.08. The van der Waals surface area contributed by atoms with Gasteiger partial charge in [-0.25, -0.2) is 0 Å². The Bertz CT molecular complexity index is 774. The van der Waals surface area contributed by atoms with Gasteiger partial charge in [0.05, 0.1) is 21.3 Å². The van der Waals surface area contributed by atoms with Crippen molar-refractivity contribution in [1.82, 2.24) is 5.32 Å². The molecule has 140 valence electrons. The summed E-state index contributed by atoms with van der Waals surface area (Å²) in [5.41, 5.74) is 11.8. The Hall–Kier alpha value is -2.24. The van der Waals surface area contributed by atoms with E-state index in [-0.39, 0.29) is 0 Å². The van der Waals surface area contributed by atoms with Crippen molar-refractivity contribution in [2.45, 2.75) is 19.3 Å². The highest BCUT2D eigenvalue weighted by Gasteiger charge is 2.31. The van der Waals surface area contributed by atoms with Gasteiger partial charge in [0.1, 0.15) is 0 Å². The molecule has 0 aliphatic heterocycles. The molecule has 0 spiro atoms. The lowest BCUT2D eigenvalue weighted by Crippen LogP contribution is -2.23. The van der Waals surface area contributed by atoms with E-state index in [1.54, 1.807) is 21.3 Å². The third kappa shape index (κ3) is 3.24. The minimum atomic E-state index is 0.655. The summed E-state index contributed by atoms with van der Waals surface area (Å²) >= 11 is 0. The fourth-order valence-corrected chi connectivity index (χ4v) is 3.86. The van der Waals surface area contributed by atoms with Crippen molar-refractivity contribution in [1.29, 1.82) is 0 Å². The van der Waals surface area contributed by atoms with E-state index in [4.69, 9.17) is 19.9 Å². The van der Waals surface area contributed by atoms with Crippen molar-refractivity contribution in [3.63, 3.8) is 0 Å². The fourth-order valence-electron chi connectivity index (χ4n) is 3.86. The molecule has 5 heteroatoms. The van der Waals surface area contributed by atoms with Gasteiger partial charge in [-0.15, -0.1) is 0 Å². The number of fused-ring (bicyclic) bond motifs is 3. The van der Waals surface area contributed by atoms with Gasteiger partial charge < -0.3 is 25.3 Å². The quantitative estimate of drug-likeness (QED) is 0.577. The summed E-state index contributed by atoms with van der Waals surface area (Å²) in [5.74, 6) is 2.24. The predicted molar refractivity (Wildman–Crippen MR) is 105 cm³/mol. The first-order chi connectivity index (χ1) is 12.8. The van der Waals surface area contributed by atoms with Gasteiger partial charge in [0.15, 0.2) is 11.5 Å². The van der Waals surface area contributed by atoms with Crippen molar-refractivity contribution in [2.75, 3.05) is 41.0 Å². The van der Waals surface area contributed by atoms with Gasteiger partial charge in [0.25, 0.3) is 0 Å². The van der Waals surface area contributed by atoms with Crippen LogP contribution in [0.5, 0.6) is 17.2 Å². The van der Waals surface area contributed by atoms with Crippen LogP contribution >= 0.6 is 0 Å². The smallest absolute Gasteiger partial charge is 0.203 e. The van der Waals surface area contributed by atoms with Crippen LogP contribution in [0, 0.1) is 0 Å². The second-order valence-corrected chi connectivity index (χ2v) is 6.41. The van der Waals surface area contributed by atoms with Crippen LogP contribution in [0.25, 0.3) is 11.1 Å². The highest BCUT2D eigenvalue weighted by Crippen LogP contribution is 2.53. The van der Waals surface area contributed by atoms with Crippen LogP contribution in [0.15, 0.2) is 24.3 Å². The summed E-state index contributed by atoms with van der Waals surface area (Å²) in [6.45, 7) is 2.41. The Morgan fingerprint density at radius 1 is 0.962 bits per heavy atom. The summed E-state index contributed by atoms with van der Waals surface area (Å²) in [6.07, 6.45) is 2.76. The molecular formula is C21H28N2O3. The van der Waals surface area contributed by atoms with Gasteiger partial charge in [0.2, 0.25) is 5.75 Å². The van der Waals surface area contributed by atoms with E-state index in [1.165, 1.54) is 27.8 Å². The van der Waals surface area contributed by atoms with Crippen LogP contribution in [-0.2, 0) is 12.8 Å². The summed E-state index contributed by atoms with van der Waals surface area (Å²) in [5, 5.41) is 3.36. The molecule has 3 N–H and O–H groups in total. The van der Waals surface area contributed by atoms with Crippen LogP contribution in [-0.4, -0.2) is 41.0 Å². The zero-order valence-electron chi connectivity index (χ0n) is 15.9. The van der Waals surface area contributed by atoms with Gasteiger partial charge in [-0.2, -0.15) is 0 Å². The lowest BCUT2D eigenvalue weighted by molar-refractivity contribution is 0.320. The van der Waals surface area contributed by atoms with E-state index in [0.717, 1.165) is 43.9 Å². The van der Waals surface area contributed by atoms with Crippen molar-refractivity contribution >= 4 is 0 Å². The summed E-state index contributed by atoms with van der Waals surface area (Å²) in [6, 6.07) is 8.54. The second kappa shape index (κ2) is 8.43. The molecule has 0 amide bonds. The summed E-state index contributed by atoms with van der Waals surface area (Å²) in [4.78, 5) is 0. The number of hydrogen-bond donors (Lipinski definition) is 2. The zero-order valence-corrected chi connectivity index (χ0v) is 15.9. The van der Waals surface area contributed by atoms with Gasteiger partial charge in [-0.1, -0.05) is 24.3 Å². The Morgan fingerprint density at radius 3 is 2.38 bits per heavy atom. The molecule has 5 nitrogen and oxygen atoms in total. The molecule has 0 unspecified atom stereocenters. The first-order valence-corrected chi connectivity index (χ1v) is 9.09. The minimum Gasteiger partial charge on any atom is -0.492 e. The molecule has 26 heavy (non-hydrogen) atoms. The lowest BCUT2D eigenvalue weighted by atomic mass is 9.94. The number of hydrogen-bond acceptors (Lipinski definition) is 5. The molecule has 2 aromatic rings. The summed E-state index contributed by atoms with van der Waals surface area (Å²) in [7, 11) is 5.05. The molecule has 0 bridgehead atoms. The van der Waals surface area contributed by atoms with E-state index < -0.39 is 0 Å². The van der Waals surface area contributed by atoms with Crippen molar-refractivity contribution in [3.05, 3.63) is 41.0 Å². The van der Waals surface area contributed by atoms with Crippen molar-refractivity contribution in [2.24, 2.45) is 5.73 Å². The molecule has 3 rings (SSSR count). The van der Waals surface area contributed by atoms with Crippen LogP contribution < -0.4 is 25.3 Å². The molecule has 0 saturated carbocycles. The molecule has 2 aromatic carbocycles. The molecular weight excluding hydrogens is 328 g/mol. The molecule has 0 saturated heterocycles. The molecule has 1 aliphatic carbocycles. The maximum atomic E-state index is 5.78. The monoisotopic (exact) mass is 356 g/mol. The van der Waals surface area contributed by atoms with Crippen molar-refractivity contribution < 1.29 is 14.2 Å². The molecule has 1 aliphatic rings. The molecule has 0 atom stereocenters. The van der Waals surface area contributed by atoms with Gasteiger partial charge in [0, 0.05) is 30.6 Å². The minimum absolute atomic E-state index is 0.655. The van der Waals surface area contributed by atoms with Gasteiger partial charge in [-0.3, -0.25) is 0 Å². The number of methoxy groups -OCH3 is 3. The normalized spacial score (nSPS) is 11.8. The summed E-state index contributed by atoms with van der Waals surface area (Å²) < 4.78 is 17.2. The second-order valence-electron chi connectivity index (χ2n) is 6.41. The Kier molecular flexibility index (Phi) is 6.01. The van der Waals surface area contributed by atoms with Crippen LogP contribution in [0.2, 0.25) is 0 Å². The van der Waals surface area contributed by atoms with Crippen molar-refractivity contribution in [3.8, 4) is 28.4 Å². The number of ether oxygens (including phenoxy) is 3. The molecule has 0 radical (unpaired) electrons. The maximum Gasteiger partial charge on any atom is 0.203 e. The van der Waals surface area contributed by atoms with E-state index >= 15 is 0 Å². The van der Waals surface area contributed by atoms with Crippen LogP contribution in [0.1, 0.15) is 23.1 Å². The van der Waals surface area contributed by atoms with Crippen LogP contribution in [0.3, 0.4) is 0 Å². The first kappa shape index (κ1) is 18.5. The first-order valence-electron chi connectivity index (χ1n) is 9.09. The van der Waals surface area contributed by atoms with Gasteiger partial charge >= 0.3 is 0 Å². The SMILES string of the molecule is COc1c(CCCNCCN)c2c(c(OC)c1OC)Cc1ccccc1-2. The number of benzene rings is 2. The molecule has 0 heterocycles. The van der Waals surface area contributed by atoms with Gasteiger partial charge in [-0.05, 0) is 36.1 Å². The van der Waals surface area contributed by atoms with Crippen LogP contribution in [0.4, 0.5) is 0 Å². The zero-order chi connectivity index (χ0) is 18.5. The third-order valence-corrected chi connectivity index (χ3v) is 4.93. The number of nitrogens with one attached hydrogen (secondary N) is 1. The topological polar surface area (TPSA) is 65.7 Å². The van der Waals surface area contributed by atoms with E-state index in [2.05, 4.69) is 29.6 Å².